The molecule has 20 heavy (non-hydrogen) atoms. The highest BCUT2D eigenvalue weighted by Gasteiger charge is 2.21. The second-order valence-corrected chi connectivity index (χ2v) is 4.52. The van der Waals surface area contributed by atoms with Gasteiger partial charge in [-0.3, -0.25) is 4.79 Å². The Bertz CT molecular complexity index is 522. The first kappa shape index (κ1) is 14.2. The Kier molecular flexibility index (Phi) is 4.84. The van der Waals surface area contributed by atoms with Gasteiger partial charge in [0.25, 0.3) is 0 Å². The van der Waals surface area contributed by atoms with Crippen molar-refractivity contribution in [1.82, 2.24) is 4.98 Å². The zero-order valence-corrected chi connectivity index (χ0v) is 10.9. The summed E-state index contributed by atoms with van der Waals surface area (Å²) in [5.41, 5.74) is 0.477. The summed E-state index contributed by atoms with van der Waals surface area (Å²) >= 11 is 0. The van der Waals surface area contributed by atoms with Crippen molar-refractivity contribution in [3.05, 3.63) is 30.0 Å². The summed E-state index contributed by atoms with van der Waals surface area (Å²) in [6.07, 6.45) is 4.07. The number of nitrogens with one attached hydrogen (secondary N) is 1. The van der Waals surface area contributed by atoms with Gasteiger partial charge in [-0.1, -0.05) is 6.07 Å². The fourth-order valence-electron chi connectivity index (χ4n) is 1.95. The minimum atomic E-state index is -1.04. The second-order valence-electron chi connectivity index (χ2n) is 4.52. The van der Waals surface area contributed by atoms with Gasteiger partial charge >= 0.3 is 5.97 Å². The molecule has 2 rings (SSSR count). The maximum absolute atomic E-state index is 12.0. The van der Waals surface area contributed by atoms with Crippen LogP contribution in [0.15, 0.2) is 24.3 Å². The van der Waals surface area contributed by atoms with E-state index >= 15 is 0 Å². The lowest BCUT2D eigenvalue weighted by molar-refractivity contribution is -0.131. The van der Waals surface area contributed by atoms with Gasteiger partial charge < -0.3 is 15.2 Å². The number of carbonyl (C=O) groups is 2. The van der Waals surface area contributed by atoms with E-state index < -0.39 is 5.97 Å². The molecule has 1 aliphatic heterocycles. The molecule has 106 valence electrons. The van der Waals surface area contributed by atoms with Gasteiger partial charge in [0.15, 0.2) is 0 Å². The van der Waals surface area contributed by atoms with Crippen LogP contribution in [0.1, 0.15) is 18.5 Å². The van der Waals surface area contributed by atoms with Crippen LogP contribution in [0, 0.1) is 5.92 Å². The van der Waals surface area contributed by atoms with Gasteiger partial charge in [0.2, 0.25) is 5.91 Å². The highest BCUT2D eigenvalue weighted by Crippen LogP contribution is 2.16. The van der Waals surface area contributed by atoms with Gasteiger partial charge in [0.1, 0.15) is 5.82 Å². The van der Waals surface area contributed by atoms with Gasteiger partial charge in [-0.15, -0.1) is 0 Å². The van der Waals surface area contributed by atoms with E-state index in [0.29, 0.717) is 24.7 Å². The molecule has 0 aromatic carbocycles. The van der Waals surface area contributed by atoms with Crippen molar-refractivity contribution >= 4 is 23.8 Å². The number of rotatable bonds is 4. The number of hydrogen-bond acceptors (Lipinski definition) is 4. The summed E-state index contributed by atoms with van der Waals surface area (Å²) in [5.74, 6) is -0.894. The molecule has 1 amide bonds. The van der Waals surface area contributed by atoms with E-state index in [-0.39, 0.29) is 11.8 Å². The highest BCUT2D eigenvalue weighted by molar-refractivity contribution is 5.92. The number of aliphatic carboxylic acids is 1. The Morgan fingerprint density at radius 2 is 2.30 bits per heavy atom. The molecule has 2 heterocycles. The lowest BCUT2D eigenvalue weighted by Gasteiger charge is -2.20. The van der Waals surface area contributed by atoms with E-state index in [1.807, 2.05) is 0 Å². The molecule has 1 aromatic rings. The molecule has 1 aliphatic rings. The highest BCUT2D eigenvalue weighted by atomic mass is 16.5. The largest absolute Gasteiger partial charge is 0.478 e. The van der Waals surface area contributed by atoms with Gasteiger partial charge in [-0.25, -0.2) is 9.78 Å². The first-order valence-electron chi connectivity index (χ1n) is 6.42. The molecule has 1 fully saturated rings. The van der Waals surface area contributed by atoms with Crippen LogP contribution in [0.5, 0.6) is 0 Å². The Labute approximate surface area is 116 Å². The van der Waals surface area contributed by atoms with Crippen LogP contribution in [0.3, 0.4) is 0 Å². The molecule has 6 nitrogen and oxygen atoms in total. The minimum absolute atomic E-state index is 0.114. The Balaban J connectivity index is 2.00. The number of carboxylic acid groups (broad SMARTS) is 1. The number of amides is 1. The normalized spacial score (nSPS) is 18.9. The van der Waals surface area contributed by atoms with Crippen LogP contribution in [-0.4, -0.2) is 35.2 Å². The fourth-order valence-corrected chi connectivity index (χ4v) is 1.95. The number of carboxylic acids is 1. The second kappa shape index (κ2) is 6.81. The number of ether oxygens (including phenoxy) is 1. The number of aromatic nitrogens is 1. The monoisotopic (exact) mass is 276 g/mol. The van der Waals surface area contributed by atoms with Crippen LogP contribution >= 0.6 is 0 Å². The summed E-state index contributed by atoms with van der Waals surface area (Å²) in [6.45, 7) is 1.14. The standard InChI is InChI=1S/C14H16N2O4/c17-13(18)7-6-11-4-1-5-12(15-11)16-14(19)10-3-2-8-20-9-10/h1,4-7,10H,2-3,8-9H2,(H,17,18)(H,15,16,19). The topological polar surface area (TPSA) is 88.5 Å². The van der Waals surface area contributed by atoms with E-state index in [9.17, 15) is 9.59 Å². The van der Waals surface area contributed by atoms with Crippen molar-refractivity contribution in [2.24, 2.45) is 5.92 Å². The van der Waals surface area contributed by atoms with Crippen molar-refractivity contribution in [3.8, 4) is 0 Å². The SMILES string of the molecule is O=C(O)C=Cc1cccc(NC(=O)C2CCCOC2)n1. The van der Waals surface area contributed by atoms with E-state index in [1.54, 1.807) is 18.2 Å². The number of nitrogens with zero attached hydrogens (tertiary/aromatic N) is 1. The van der Waals surface area contributed by atoms with E-state index in [0.717, 1.165) is 18.9 Å². The number of hydrogen-bond donors (Lipinski definition) is 2. The Morgan fingerprint density at radius 3 is 3.00 bits per heavy atom. The summed E-state index contributed by atoms with van der Waals surface area (Å²) in [5, 5.41) is 11.3. The van der Waals surface area contributed by atoms with Crippen LogP contribution in [0.4, 0.5) is 5.82 Å². The van der Waals surface area contributed by atoms with Crippen molar-refractivity contribution in [3.63, 3.8) is 0 Å². The molecule has 2 N–H and O–H groups in total. The molecule has 1 saturated heterocycles. The molecule has 0 bridgehead atoms. The average Bonchev–Trinajstić information content (AvgIpc) is 2.46. The predicted octanol–water partition coefficient (Wildman–Crippen LogP) is 1.54. The summed E-state index contributed by atoms with van der Waals surface area (Å²) in [6, 6.07) is 5.04. The maximum Gasteiger partial charge on any atom is 0.328 e. The number of pyridine rings is 1. The minimum Gasteiger partial charge on any atom is -0.478 e. The van der Waals surface area contributed by atoms with Gasteiger partial charge in [-0.2, -0.15) is 0 Å². The van der Waals surface area contributed by atoms with Crippen LogP contribution in [0.2, 0.25) is 0 Å². The smallest absolute Gasteiger partial charge is 0.328 e. The molecule has 1 aromatic heterocycles. The van der Waals surface area contributed by atoms with E-state index in [4.69, 9.17) is 9.84 Å². The molecule has 1 unspecified atom stereocenters. The third-order valence-corrected chi connectivity index (χ3v) is 2.95. The zero-order valence-electron chi connectivity index (χ0n) is 10.9. The van der Waals surface area contributed by atoms with Gasteiger partial charge in [-0.05, 0) is 31.1 Å². The third-order valence-electron chi connectivity index (χ3n) is 2.95. The molecular formula is C14H16N2O4. The first-order valence-corrected chi connectivity index (χ1v) is 6.42. The lowest BCUT2D eigenvalue weighted by atomic mass is 10.0. The molecular weight excluding hydrogens is 260 g/mol. The lowest BCUT2D eigenvalue weighted by Crippen LogP contribution is -2.30. The first-order chi connectivity index (χ1) is 9.65. The molecule has 0 spiro atoms. The number of anilines is 1. The maximum atomic E-state index is 12.0. The van der Waals surface area contributed by atoms with Crippen LogP contribution in [0.25, 0.3) is 6.08 Å². The van der Waals surface area contributed by atoms with Crippen molar-refractivity contribution in [2.75, 3.05) is 18.5 Å². The fraction of sp³-hybridized carbons (Fsp3) is 0.357. The van der Waals surface area contributed by atoms with Crippen molar-refractivity contribution in [2.45, 2.75) is 12.8 Å². The van der Waals surface area contributed by atoms with Gasteiger partial charge in [0, 0.05) is 12.7 Å². The summed E-state index contributed by atoms with van der Waals surface area (Å²) < 4.78 is 5.27. The predicted molar refractivity (Wildman–Crippen MR) is 73.1 cm³/mol. The molecule has 1 atom stereocenters. The Hall–Kier alpha value is -2.21. The average molecular weight is 276 g/mol. The number of carbonyl (C=O) groups excluding carboxylic acids is 1. The van der Waals surface area contributed by atoms with Gasteiger partial charge in [0.05, 0.1) is 18.2 Å². The summed E-state index contributed by atoms with van der Waals surface area (Å²) in [7, 11) is 0. The molecule has 0 radical (unpaired) electrons. The van der Waals surface area contributed by atoms with E-state index in [2.05, 4.69) is 10.3 Å². The third kappa shape index (κ3) is 4.17. The molecule has 0 saturated carbocycles. The van der Waals surface area contributed by atoms with Crippen LogP contribution < -0.4 is 5.32 Å². The Morgan fingerprint density at radius 1 is 1.45 bits per heavy atom. The quantitative estimate of drug-likeness (QED) is 0.814. The van der Waals surface area contributed by atoms with Crippen molar-refractivity contribution < 1.29 is 19.4 Å². The van der Waals surface area contributed by atoms with Crippen LogP contribution in [-0.2, 0) is 14.3 Å². The zero-order chi connectivity index (χ0) is 14.4. The molecule has 0 aliphatic carbocycles. The van der Waals surface area contributed by atoms with Crippen molar-refractivity contribution in [1.29, 1.82) is 0 Å². The summed E-state index contributed by atoms with van der Waals surface area (Å²) in [4.78, 5) is 26.6. The molecule has 6 heteroatoms. The van der Waals surface area contributed by atoms with E-state index in [1.165, 1.54) is 6.08 Å².